The van der Waals surface area contributed by atoms with Gasteiger partial charge in [0.05, 0.1) is 27.1 Å². The molecular formula is C19H19N3O4S. The van der Waals surface area contributed by atoms with Crippen LogP contribution in [0.1, 0.15) is 10.4 Å². The second kappa shape index (κ2) is 8.59. The van der Waals surface area contributed by atoms with Gasteiger partial charge in [-0.2, -0.15) is 0 Å². The average Bonchev–Trinajstić information content (AvgIpc) is 3.20. The number of aromatic amines is 1. The fraction of sp³-hybridized carbons (Fsp3) is 0.211. The van der Waals surface area contributed by atoms with Crippen molar-refractivity contribution in [3.05, 3.63) is 48.0 Å². The Morgan fingerprint density at radius 1 is 1.04 bits per heavy atom. The van der Waals surface area contributed by atoms with E-state index < -0.39 is 0 Å². The molecule has 3 aromatic rings. The highest BCUT2D eigenvalue weighted by Crippen LogP contribution is 2.40. The van der Waals surface area contributed by atoms with Crippen LogP contribution in [0.2, 0.25) is 0 Å². The van der Waals surface area contributed by atoms with Gasteiger partial charge in [0, 0.05) is 11.1 Å². The minimum Gasteiger partial charge on any atom is -0.493 e. The van der Waals surface area contributed by atoms with Gasteiger partial charge in [-0.3, -0.25) is 9.89 Å². The van der Waals surface area contributed by atoms with Gasteiger partial charge in [-0.15, -0.1) is 5.10 Å². The molecule has 0 atom stereocenters. The summed E-state index contributed by atoms with van der Waals surface area (Å²) in [7, 11) is 4.66. The normalized spacial score (nSPS) is 10.5. The number of carbonyl (C=O) groups is 1. The first-order valence-electron chi connectivity index (χ1n) is 8.10. The fourth-order valence-corrected chi connectivity index (χ4v) is 3.19. The predicted molar refractivity (Wildman–Crippen MR) is 103 cm³/mol. The van der Waals surface area contributed by atoms with Gasteiger partial charge in [0.2, 0.25) is 10.9 Å². The van der Waals surface area contributed by atoms with Gasteiger partial charge in [-0.25, -0.2) is 4.98 Å². The van der Waals surface area contributed by atoms with Gasteiger partial charge in [0.25, 0.3) is 0 Å². The Kier molecular flexibility index (Phi) is 5.97. The van der Waals surface area contributed by atoms with E-state index >= 15 is 0 Å². The molecule has 27 heavy (non-hydrogen) atoms. The number of ether oxygens (including phenoxy) is 3. The molecule has 0 radical (unpaired) electrons. The van der Waals surface area contributed by atoms with Gasteiger partial charge in [-0.1, -0.05) is 42.1 Å². The molecule has 0 saturated heterocycles. The zero-order valence-corrected chi connectivity index (χ0v) is 16.0. The Bertz CT molecular complexity index is 903. The molecule has 0 spiro atoms. The monoisotopic (exact) mass is 385 g/mol. The molecule has 0 saturated carbocycles. The molecular weight excluding hydrogens is 366 g/mol. The number of carbonyl (C=O) groups excluding carboxylic acids is 1. The topological polar surface area (TPSA) is 86.3 Å². The summed E-state index contributed by atoms with van der Waals surface area (Å²) < 4.78 is 16.0. The molecule has 0 aliphatic carbocycles. The molecule has 0 aliphatic heterocycles. The van der Waals surface area contributed by atoms with E-state index in [1.807, 2.05) is 18.2 Å². The second-order valence-electron chi connectivity index (χ2n) is 5.46. The largest absolute Gasteiger partial charge is 0.493 e. The number of H-pyrrole nitrogens is 1. The molecule has 0 fully saturated rings. The highest BCUT2D eigenvalue weighted by molar-refractivity contribution is 7.99. The first kappa shape index (κ1) is 18.8. The van der Waals surface area contributed by atoms with Crippen LogP contribution in [0.5, 0.6) is 17.2 Å². The molecule has 7 nitrogen and oxygen atoms in total. The zero-order chi connectivity index (χ0) is 19.2. The number of nitrogens with one attached hydrogen (secondary N) is 1. The molecule has 1 heterocycles. The maximum atomic E-state index is 12.2. The van der Waals surface area contributed by atoms with Crippen molar-refractivity contribution in [2.75, 3.05) is 27.1 Å². The Balaban J connectivity index is 1.77. The molecule has 0 amide bonds. The van der Waals surface area contributed by atoms with E-state index in [1.54, 1.807) is 45.6 Å². The van der Waals surface area contributed by atoms with Crippen molar-refractivity contribution in [3.63, 3.8) is 0 Å². The second-order valence-corrected chi connectivity index (χ2v) is 6.40. The Morgan fingerprint density at radius 2 is 1.70 bits per heavy atom. The highest BCUT2D eigenvalue weighted by Gasteiger charge is 2.16. The summed E-state index contributed by atoms with van der Waals surface area (Å²) >= 11 is 1.28. The minimum absolute atomic E-state index is 0.0275. The molecule has 140 valence electrons. The SMILES string of the molecule is COc1cc(-c2nc(SCC(=O)c3ccccc3)n[nH]2)cc(OC)c1OC. The zero-order valence-electron chi connectivity index (χ0n) is 15.2. The number of ketones is 1. The fourth-order valence-electron chi connectivity index (χ4n) is 2.50. The molecule has 8 heteroatoms. The molecule has 2 aromatic carbocycles. The van der Waals surface area contributed by atoms with Crippen molar-refractivity contribution < 1.29 is 19.0 Å². The van der Waals surface area contributed by atoms with Crippen LogP contribution < -0.4 is 14.2 Å². The van der Waals surface area contributed by atoms with E-state index in [0.717, 1.165) is 5.56 Å². The summed E-state index contributed by atoms with van der Waals surface area (Å²) in [6.07, 6.45) is 0. The van der Waals surface area contributed by atoms with Crippen LogP contribution in [0.15, 0.2) is 47.6 Å². The first-order valence-corrected chi connectivity index (χ1v) is 9.08. The van der Waals surface area contributed by atoms with E-state index in [1.165, 1.54) is 11.8 Å². The summed E-state index contributed by atoms with van der Waals surface area (Å²) in [4.78, 5) is 16.6. The van der Waals surface area contributed by atoms with Crippen molar-refractivity contribution in [2.45, 2.75) is 5.16 Å². The van der Waals surface area contributed by atoms with Crippen LogP contribution in [-0.4, -0.2) is 48.0 Å². The average molecular weight is 385 g/mol. The van der Waals surface area contributed by atoms with E-state index in [4.69, 9.17) is 14.2 Å². The summed E-state index contributed by atoms with van der Waals surface area (Å²) in [6.45, 7) is 0. The van der Waals surface area contributed by atoms with Crippen molar-refractivity contribution in [1.29, 1.82) is 0 Å². The Morgan fingerprint density at radius 3 is 2.30 bits per heavy atom. The lowest BCUT2D eigenvalue weighted by atomic mass is 10.1. The number of hydrogen-bond donors (Lipinski definition) is 1. The van der Waals surface area contributed by atoms with Gasteiger partial charge in [0.15, 0.2) is 23.1 Å². The van der Waals surface area contributed by atoms with Crippen molar-refractivity contribution >= 4 is 17.5 Å². The first-order chi connectivity index (χ1) is 13.2. The van der Waals surface area contributed by atoms with Gasteiger partial charge in [-0.05, 0) is 12.1 Å². The number of rotatable bonds is 8. The smallest absolute Gasteiger partial charge is 0.209 e. The van der Waals surface area contributed by atoms with Gasteiger partial charge < -0.3 is 14.2 Å². The summed E-state index contributed by atoms with van der Waals surface area (Å²) in [6, 6.07) is 12.7. The van der Waals surface area contributed by atoms with Crippen molar-refractivity contribution in [1.82, 2.24) is 15.2 Å². The van der Waals surface area contributed by atoms with Crippen molar-refractivity contribution in [3.8, 4) is 28.6 Å². The lowest BCUT2D eigenvalue weighted by Crippen LogP contribution is -2.01. The molecule has 0 unspecified atom stereocenters. The van der Waals surface area contributed by atoms with Gasteiger partial charge >= 0.3 is 0 Å². The maximum Gasteiger partial charge on any atom is 0.209 e. The van der Waals surface area contributed by atoms with Crippen LogP contribution in [0, 0.1) is 0 Å². The molecule has 3 rings (SSSR count). The molecule has 0 aliphatic rings. The van der Waals surface area contributed by atoms with Crippen LogP contribution in [0.4, 0.5) is 0 Å². The highest BCUT2D eigenvalue weighted by atomic mass is 32.2. The number of methoxy groups -OCH3 is 3. The Hall–Kier alpha value is -3.00. The lowest BCUT2D eigenvalue weighted by Gasteiger charge is -2.13. The van der Waals surface area contributed by atoms with Crippen molar-refractivity contribution in [2.24, 2.45) is 0 Å². The molecule has 1 aromatic heterocycles. The van der Waals surface area contributed by atoms with E-state index in [2.05, 4.69) is 15.2 Å². The number of benzene rings is 2. The number of nitrogens with zero attached hydrogens (tertiary/aromatic N) is 2. The van der Waals surface area contributed by atoms with Crippen LogP contribution in [0.3, 0.4) is 0 Å². The lowest BCUT2D eigenvalue weighted by molar-refractivity contribution is 0.102. The van der Waals surface area contributed by atoms with Crippen LogP contribution in [-0.2, 0) is 0 Å². The Labute approximate surface area is 161 Å². The predicted octanol–water partition coefficient (Wildman–Crippen LogP) is 3.47. The third-order valence-electron chi connectivity index (χ3n) is 3.83. The molecule has 0 bridgehead atoms. The summed E-state index contributed by atoms with van der Waals surface area (Å²) in [5.74, 6) is 2.39. The van der Waals surface area contributed by atoms with Crippen LogP contribution >= 0.6 is 11.8 Å². The number of aromatic nitrogens is 3. The standard InChI is InChI=1S/C19H19N3O4S/c1-24-15-9-13(10-16(25-2)17(15)26-3)18-20-19(22-21-18)27-11-14(23)12-7-5-4-6-8-12/h4-10H,11H2,1-3H3,(H,20,21,22). The van der Waals surface area contributed by atoms with E-state index in [0.29, 0.717) is 33.8 Å². The third-order valence-corrected chi connectivity index (χ3v) is 4.68. The number of Topliss-reactive ketones (excluding diaryl/α,β-unsaturated/α-hetero) is 1. The number of thioether (sulfide) groups is 1. The number of hydrogen-bond acceptors (Lipinski definition) is 7. The van der Waals surface area contributed by atoms with E-state index in [-0.39, 0.29) is 11.5 Å². The maximum absolute atomic E-state index is 12.2. The van der Waals surface area contributed by atoms with E-state index in [9.17, 15) is 4.79 Å². The molecule has 1 N–H and O–H groups in total. The minimum atomic E-state index is 0.0275. The third kappa shape index (κ3) is 4.22. The summed E-state index contributed by atoms with van der Waals surface area (Å²) in [5, 5.41) is 7.54. The summed E-state index contributed by atoms with van der Waals surface area (Å²) in [5.41, 5.74) is 1.41. The van der Waals surface area contributed by atoms with Crippen LogP contribution in [0.25, 0.3) is 11.4 Å². The quantitative estimate of drug-likeness (QED) is 0.469. The van der Waals surface area contributed by atoms with Gasteiger partial charge in [0.1, 0.15) is 0 Å².